The van der Waals surface area contributed by atoms with Crippen LogP contribution in [0.3, 0.4) is 0 Å². The van der Waals surface area contributed by atoms with E-state index in [-0.39, 0.29) is 0 Å². The highest BCUT2D eigenvalue weighted by Gasteiger charge is 2.32. The van der Waals surface area contributed by atoms with Gasteiger partial charge in [0.25, 0.3) is 5.91 Å². The van der Waals surface area contributed by atoms with Crippen molar-refractivity contribution >= 4 is 28.6 Å². The quantitative estimate of drug-likeness (QED) is 0.830. The van der Waals surface area contributed by atoms with Crippen LogP contribution in [-0.4, -0.2) is 11.9 Å². The molecule has 1 aliphatic rings. The van der Waals surface area contributed by atoms with Crippen LogP contribution in [0.2, 0.25) is 0 Å². The summed E-state index contributed by atoms with van der Waals surface area (Å²) >= 11 is 1.71. The van der Waals surface area contributed by atoms with Crippen LogP contribution in [0, 0.1) is 0 Å². The molecule has 1 aromatic carbocycles. The van der Waals surface area contributed by atoms with E-state index in [2.05, 4.69) is 16.3 Å². The van der Waals surface area contributed by atoms with Gasteiger partial charge in [-0.15, -0.1) is 11.3 Å². The number of hydrogen-bond acceptors (Lipinski definition) is 4. The van der Waals surface area contributed by atoms with Gasteiger partial charge in [0.05, 0.1) is 23.5 Å². The Morgan fingerprint density at radius 2 is 2.10 bits per heavy atom. The van der Waals surface area contributed by atoms with Crippen LogP contribution < -0.4 is 16.4 Å². The molecule has 0 unspecified atom stereocenters. The third kappa shape index (κ3) is 2.49. The number of carbonyl (C=O) groups excluding carboxylic acids is 1. The molecule has 1 heterocycles. The van der Waals surface area contributed by atoms with Gasteiger partial charge in [0.1, 0.15) is 0 Å². The van der Waals surface area contributed by atoms with Crippen molar-refractivity contribution < 1.29 is 4.79 Å². The molecule has 3 rings (SSSR count). The van der Waals surface area contributed by atoms with Gasteiger partial charge in [-0.25, -0.2) is 0 Å². The van der Waals surface area contributed by atoms with Crippen molar-refractivity contribution in [3.8, 4) is 0 Å². The summed E-state index contributed by atoms with van der Waals surface area (Å²) in [5.41, 5.74) is 13.5. The molecule has 0 saturated heterocycles. The maximum absolute atomic E-state index is 11.7. The second-order valence-corrected chi connectivity index (χ2v) is 6.08. The number of primary amides is 1. The van der Waals surface area contributed by atoms with Crippen LogP contribution in [0.25, 0.3) is 0 Å². The standard InChI is InChI=1S/C15H17N3OS/c16-13-5-1-4-12(15(17)19)14(13)18(10-6-7-10)9-11-3-2-8-20-11/h1-5,8,10H,6-7,9,16H2,(H2,17,19). The third-order valence-corrected chi connectivity index (χ3v) is 4.37. The molecule has 0 aliphatic heterocycles. The van der Waals surface area contributed by atoms with Crippen LogP contribution in [0.1, 0.15) is 28.1 Å². The molecular formula is C15H17N3OS. The zero-order valence-corrected chi connectivity index (χ0v) is 11.9. The van der Waals surface area contributed by atoms with E-state index in [1.54, 1.807) is 23.5 Å². The highest BCUT2D eigenvalue weighted by atomic mass is 32.1. The van der Waals surface area contributed by atoms with Gasteiger partial charge < -0.3 is 16.4 Å². The minimum Gasteiger partial charge on any atom is -0.397 e. The van der Waals surface area contributed by atoms with E-state index in [4.69, 9.17) is 11.5 Å². The van der Waals surface area contributed by atoms with E-state index < -0.39 is 5.91 Å². The molecule has 0 atom stereocenters. The normalized spacial score (nSPS) is 14.2. The Kier molecular flexibility index (Phi) is 3.36. The second kappa shape index (κ2) is 5.17. The van der Waals surface area contributed by atoms with Crippen LogP contribution in [0.5, 0.6) is 0 Å². The van der Waals surface area contributed by atoms with Crippen LogP contribution in [0.15, 0.2) is 35.7 Å². The minimum absolute atomic E-state index is 0.427. The Morgan fingerprint density at radius 3 is 2.70 bits per heavy atom. The van der Waals surface area contributed by atoms with Crippen molar-refractivity contribution in [2.24, 2.45) is 5.73 Å². The molecule has 0 spiro atoms. The lowest BCUT2D eigenvalue weighted by Gasteiger charge is -2.27. The summed E-state index contributed by atoms with van der Waals surface area (Å²) in [5.74, 6) is -0.427. The Labute approximate surface area is 122 Å². The Balaban J connectivity index is 2.01. The SMILES string of the molecule is NC(=O)c1cccc(N)c1N(Cc1cccs1)C1CC1. The fourth-order valence-corrected chi connectivity index (χ4v) is 3.13. The lowest BCUT2D eigenvalue weighted by molar-refractivity contribution is 0.100. The monoisotopic (exact) mass is 287 g/mol. The van der Waals surface area contributed by atoms with E-state index >= 15 is 0 Å². The first-order valence-corrected chi connectivity index (χ1v) is 7.52. The zero-order valence-electron chi connectivity index (χ0n) is 11.1. The molecule has 1 aliphatic carbocycles. The molecule has 1 saturated carbocycles. The minimum atomic E-state index is -0.427. The van der Waals surface area contributed by atoms with E-state index in [0.29, 0.717) is 17.3 Å². The molecular weight excluding hydrogens is 270 g/mol. The summed E-state index contributed by atoms with van der Waals surface area (Å²) < 4.78 is 0. The van der Waals surface area contributed by atoms with Crippen LogP contribution in [0.4, 0.5) is 11.4 Å². The van der Waals surface area contributed by atoms with E-state index in [0.717, 1.165) is 25.1 Å². The van der Waals surface area contributed by atoms with Gasteiger partial charge in [0.15, 0.2) is 0 Å². The van der Waals surface area contributed by atoms with Gasteiger partial charge in [-0.1, -0.05) is 12.1 Å². The number of hydrogen-bond donors (Lipinski definition) is 2. The fourth-order valence-electron chi connectivity index (χ4n) is 2.43. The molecule has 4 nitrogen and oxygen atoms in total. The number of para-hydroxylation sites is 1. The number of thiophene rings is 1. The predicted octanol–water partition coefficient (Wildman–Crippen LogP) is 2.60. The van der Waals surface area contributed by atoms with Gasteiger partial charge in [0.2, 0.25) is 0 Å². The van der Waals surface area contributed by atoms with E-state index in [1.807, 2.05) is 12.1 Å². The number of nitrogens with zero attached hydrogens (tertiary/aromatic N) is 1. The van der Waals surface area contributed by atoms with Crippen LogP contribution in [-0.2, 0) is 6.54 Å². The molecule has 1 amide bonds. The summed E-state index contributed by atoms with van der Waals surface area (Å²) in [6.45, 7) is 0.775. The number of anilines is 2. The smallest absolute Gasteiger partial charge is 0.250 e. The Bertz CT molecular complexity index is 620. The van der Waals surface area contributed by atoms with Crippen molar-refractivity contribution in [2.45, 2.75) is 25.4 Å². The number of nitrogen functional groups attached to an aromatic ring is 1. The van der Waals surface area contributed by atoms with Gasteiger partial charge >= 0.3 is 0 Å². The van der Waals surface area contributed by atoms with Crippen molar-refractivity contribution in [1.82, 2.24) is 0 Å². The third-order valence-electron chi connectivity index (χ3n) is 3.51. The zero-order chi connectivity index (χ0) is 14.1. The van der Waals surface area contributed by atoms with Crippen molar-refractivity contribution in [2.75, 3.05) is 10.6 Å². The Hall–Kier alpha value is -2.01. The largest absolute Gasteiger partial charge is 0.397 e. The number of amides is 1. The maximum atomic E-state index is 11.7. The molecule has 5 heteroatoms. The highest BCUT2D eigenvalue weighted by molar-refractivity contribution is 7.09. The molecule has 0 bridgehead atoms. The summed E-state index contributed by atoms with van der Waals surface area (Å²) in [7, 11) is 0. The molecule has 20 heavy (non-hydrogen) atoms. The molecule has 0 radical (unpaired) electrons. The number of benzene rings is 1. The number of carbonyl (C=O) groups is 1. The molecule has 4 N–H and O–H groups in total. The van der Waals surface area contributed by atoms with Crippen LogP contribution >= 0.6 is 11.3 Å². The van der Waals surface area contributed by atoms with Gasteiger partial charge in [-0.2, -0.15) is 0 Å². The Morgan fingerprint density at radius 1 is 1.30 bits per heavy atom. The maximum Gasteiger partial charge on any atom is 0.250 e. The summed E-state index contributed by atoms with van der Waals surface area (Å²) in [6, 6.07) is 9.94. The second-order valence-electron chi connectivity index (χ2n) is 5.05. The molecule has 104 valence electrons. The lowest BCUT2D eigenvalue weighted by Crippen LogP contribution is -2.28. The topological polar surface area (TPSA) is 72.3 Å². The van der Waals surface area contributed by atoms with E-state index in [9.17, 15) is 4.79 Å². The van der Waals surface area contributed by atoms with Gasteiger partial charge in [-0.3, -0.25) is 4.79 Å². The van der Waals surface area contributed by atoms with Gasteiger partial charge in [0, 0.05) is 10.9 Å². The summed E-state index contributed by atoms with van der Waals surface area (Å²) in [4.78, 5) is 15.1. The number of nitrogens with two attached hydrogens (primary N) is 2. The first-order chi connectivity index (χ1) is 9.66. The fraction of sp³-hybridized carbons (Fsp3) is 0.267. The predicted molar refractivity (Wildman–Crippen MR) is 82.9 cm³/mol. The van der Waals surface area contributed by atoms with E-state index in [1.165, 1.54) is 4.88 Å². The molecule has 1 aromatic heterocycles. The van der Waals surface area contributed by atoms with Crippen molar-refractivity contribution in [1.29, 1.82) is 0 Å². The van der Waals surface area contributed by atoms with Gasteiger partial charge in [-0.05, 0) is 36.4 Å². The highest BCUT2D eigenvalue weighted by Crippen LogP contribution is 2.38. The number of rotatable bonds is 5. The summed E-state index contributed by atoms with van der Waals surface area (Å²) in [5, 5.41) is 2.06. The molecule has 2 aromatic rings. The first-order valence-electron chi connectivity index (χ1n) is 6.64. The first kappa shape index (κ1) is 13.0. The van der Waals surface area contributed by atoms with Crippen molar-refractivity contribution in [3.63, 3.8) is 0 Å². The average Bonchev–Trinajstić information content (AvgIpc) is 3.13. The lowest BCUT2D eigenvalue weighted by atomic mass is 10.1. The molecule has 1 fully saturated rings. The average molecular weight is 287 g/mol. The summed E-state index contributed by atoms with van der Waals surface area (Å²) in [6.07, 6.45) is 2.27. The van der Waals surface area contributed by atoms with Crippen molar-refractivity contribution in [3.05, 3.63) is 46.2 Å².